The van der Waals surface area contributed by atoms with E-state index in [9.17, 15) is 9.59 Å². The Morgan fingerprint density at radius 3 is 2.53 bits per heavy atom. The molecule has 2 amide bonds. The number of aryl methyl sites for hydroxylation is 2. The van der Waals surface area contributed by atoms with Crippen LogP contribution < -0.4 is 9.80 Å². The first-order valence-electron chi connectivity index (χ1n) is 12.0. The summed E-state index contributed by atoms with van der Waals surface area (Å²) in [5.41, 5.74) is 4.79. The van der Waals surface area contributed by atoms with Crippen LogP contribution in [0.5, 0.6) is 0 Å². The van der Waals surface area contributed by atoms with Crippen molar-refractivity contribution >= 4 is 23.5 Å². The summed E-state index contributed by atoms with van der Waals surface area (Å²) in [5, 5.41) is 0. The zero-order chi connectivity index (χ0) is 23.8. The molecule has 8 heteroatoms. The lowest BCUT2D eigenvalue weighted by Gasteiger charge is -2.36. The minimum atomic E-state index is -0.384. The number of anilines is 2. The van der Waals surface area contributed by atoms with Gasteiger partial charge in [0.25, 0.3) is 5.91 Å². The average Bonchev–Trinajstić information content (AvgIpc) is 3.62. The lowest BCUT2D eigenvalue weighted by Crippen LogP contribution is -2.49. The van der Waals surface area contributed by atoms with E-state index in [4.69, 9.17) is 14.5 Å². The molecule has 2 aromatic rings. The first kappa shape index (κ1) is 22.7. The number of benzene rings is 1. The Labute approximate surface area is 200 Å². The van der Waals surface area contributed by atoms with Crippen LogP contribution in [0.15, 0.2) is 30.5 Å². The minimum Gasteiger partial charge on any atom is -0.447 e. The molecule has 2 aliphatic heterocycles. The average molecular weight is 465 g/mol. The largest absolute Gasteiger partial charge is 0.447 e. The summed E-state index contributed by atoms with van der Waals surface area (Å²) in [4.78, 5) is 36.1. The summed E-state index contributed by atoms with van der Waals surface area (Å²) in [6, 6.07) is 7.63. The third-order valence-electron chi connectivity index (χ3n) is 7.03. The van der Waals surface area contributed by atoms with Crippen molar-refractivity contribution in [2.24, 2.45) is 0 Å². The summed E-state index contributed by atoms with van der Waals surface area (Å²) in [5.74, 6) is 1.75. The van der Waals surface area contributed by atoms with Gasteiger partial charge in [-0.1, -0.05) is 6.07 Å². The van der Waals surface area contributed by atoms with E-state index in [2.05, 4.69) is 17.9 Å². The molecule has 1 aliphatic carbocycles. The molecule has 180 valence electrons. The van der Waals surface area contributed by atoms with Gasteiger partial charge in [-0.15, -0.1) is 0 Å². The smallest absolute Gasteiger partial charge is 0.414 e. The Bertz CT molecular complexity index is 1090. The van der Waals surface area contributed by atoms with Crippen LogP contribution in [0.3, 0.4) is 0 Å². The Kier molecular flexibility index (Phi) is 6.16. The van der Waals surface area contributed by atoms with Crippen molar-refractivity contribution in [2.45, 2.75) is 38.6 Å². The third kappa shape index (κ3) is 4.34. The predicted octanol–water partition coefficient (Wildman–Crippen LogP) is 3.51. The highest BCUT2D eigenvalue weighted by atomic mass is 16.6. The molecule has 0 radical (unpaired) electrons. The Hall–Kier alpha value is -3.13. The van der Waals surface area contributed by atoms with E-state index in [0.29, 0.717) is 37.8 Å². The van der Waals surface area contributed by atoms with E-state index in [1.54, 1.807) is 12.0 Å². The number of carbonyl (C=O) groups excluding carboxylic acids is 2. The van der Waals surface area contributed by atoms with Crippen molar-refractivity contribution < 1.29 is 19.1 Å². The van der Waals surface area contributed by atoms with E-state index in [1.165, 1.54) is 24.0 Å². The van der Waals surface area contributed by atoms with Crippen LogP contribution in [0.25, 0.3) is 0 Å². The van der Waals surface area contributed by atoms with Gasteiger partial charge in [0.05, 0.1) is 12.6 Å². The van der Waals surface area contributed by atoms with Crippen molar-refractivity contribution in [3.05, 3.63) is 52.7 Å². The van der Waals surface area contributed by atoms with E-state index in [0.717, 1.165) is 30.2 Å². The van der Waals surface area contributed by atoms with Gasteiger partial charge in [-0.2, -0.15) is 0 Å². The molecular formula is C26H32N4O4. The molecule has 3 heterocycles. The normalized spacial score (nSPS) is 20.6. The number of cyclic esters (lactones) is 1. The quantitative estimate of drug-likeness (QED) is 0.651. The fraction of sp³-hybridized carbons (Fsp3) is 0.500. The molecule has 2 saturated heterocycles. The van der Waals surface area contributed by atoms with Gasteiger partial charge >= 0.3 is 6.09 Å². The monoisotopic (exact) mass is 464 g/mol. The molecule has 1 aromatic heterocycles. The molecule has 8 nitrogen and oxygen atoms in total. The minimum absolute atomic E-state index is 0.0231. The SMILES string of the molecule is COCC1COC(=O)N1c1ccc(C(=O)N2CCN(c3ncc(C4CC4)cc3C)CC2)c(C)c1. The summed E-state index contributed by atoms with van der Waals surface area (Å²) in [6.07, 6.45) is 4.19. The number of rotatable bonds is 6. The topological polar surface area (TPSA) is 75.2 Å². The Morgan fingerprint density at radius 1 is 1.12 bits per heavy atom. The fourth-order valence-electron chi connectivity index (χ4n) is 4.98. The van der Waals surface area contributed by atoms with Crippen LogP contribution in [0.1, 0.15) is 45.8 Å². The molecule has 34 heavy (non-hydrogen) atoms. The number of aromatic nitrogens is 1. The summed E-state index contributed by atoms with van der Waals surface area (Å²) in [6.45, 7) is 7.56. The number of piperazine rings is 1. The number of carbonyl (C=O) groups is 2. The molecule has 1 atom stereocenters. The van der Waals surface area contributed by atoms with E-state index in [1.807, 2.05) is 36.2 Å². The highest BCUT2D eigenvalue weighted by Crippen LogP contribution is 2.40. The van der Waals surface area contributed by atoms with Crippen LogP contribution in [0, 0.1) is 13.8 Å². The van der Waals surface area contributed by atoms with E-state index >= 15 is 0 Å². The number of hydrogen-bond donors (Lipinski definition) is 0. The number of hydrogen-bond acceptors (Lipinski definition) is 6. The standard InChI is InChI=1S/C26H32N4O4/c1-17-13-21(30-22(15-33-3)16-34-26(30)32)6-7-23(17)25(31)29-10-8-28(9-11-29)24-18(2)12-20(14-27-24)19-4-5-19/h6-7,12-14,19,22H,4-5,8-11,15-16H2,1-3H3. The van der Waals surface area contributed by atoms with Crippen molar-refractivity contribution in [1.29, 1.82) is 0 Å². The van der Waals surface area contributed by atoms with Crippen LogP contribution in [0.4, 0.5) is 16.3 Å². The summed E-state index contributed by atoms with van der Waals surface area (Å²) in [7, 11) is 1.61. The van der Waals surface area contributed by atoms with Crippen LogP contribution in [-0.4, -0.2) is 74.4 Å². The second-order valence-corrected chi connectivity index (χ2v) is 9.52. The first-order chi connectivity index (χ1) is 16.5. The van der Waals surface area contributed by atoms with E-state index < -0.39 is 0 Å². The van der Waals surface area contributed by atoms with Crippen LogP contribution in [0.2, 0.25) is 0 Å². The Balaban J connectivity index is 1.24. The molecule has 1 unspecified atom stereocenters. The Morgan fingerprint density at radius 2 is 1.88 bits per heavy atom. The maximum absolute atomic E-state index is 13.3. The maximum atomic E-state index is 13.3. The van der Waals surface area contributed by atoms with E-state index in [-0.39, 0.29) is 18.0 Å². The van der Waals surface area contributed by atoms with Gasteiger partial charge in [0.15, 0.2) is 0 Å². The lowest BCUT2D eigenvalue weighted by molar-refractivity contribution is 0.0745. The van der Waals surface area contributed by atoms with Crippen molar-refractivity contribution in [3.63, 3.8) is 0 Å². The maximum Gasteiger partial charge on any atom is 0.414 e. The fourth-order valence-corrected chi connectivity index (χ4v) is 4.98. The lowest BCUT2D eigenvalue weighted by atomic mass is 10.0. The van der Waals surface area contributed by atoms with Gasteiger partial charge in [-0.25, -0.2) is 9.78 Å². The van der Waals surface area contributed by atoms with Crippen LogP contribution in [-0.2, 0) is 9.47 Å². The molecular weight excluding hydrogens is 432 g/mol. The molecule has 3 aliphatic rings. The number of ether oxygens (including phenoxy) is 2. The molecule has 1 aromatic carbocycles. The van der Waals surface area contributed by atoms with Crippen molar-refractivity contribution in [1.82, 2.24) is 9.88 Å². The number of amides is 2. The van der Waals surface area contributed by atoms with Gasteiger partial charge in [-0.3, -0.25) is 9.69 Å². The second kappa shape index (κ2) is 9.25. The predicted molar refractivity (Wildman–Crippen MR) is 130 cm³/mol. The third-order valence-corrected chi connectivity index (χ3v) is 7.03. The van der Waals surface area contributed by atoms with Gasteiger partial charge in [0, 0.05) is 50.7 Å². The first-order valence-corrected chi connectivity index (χ1v) is 12.0. The highest BCUT2D eigenvalue weighted by molar-refractivity contribution is 5.97. The zero-order valence-corrected chi connectivity index (χ0v) is 20.1. The molecule has 3 fully saturated rings. The summed E-state index contributed by atoms with van der Waals surface area (Å²) < 4.78 is 10.4. The van der Waals surface area contributed by atoms with Gasteiger partial charge in [0.2, 0.25) is 0 Å². The molecule has 0 bridgehead atoms. The van der Waals surface area contributed by atoms with Crippen molar-refractivity contribution in [2.75, 3.05) is 56.3 Å². The number of methoxy groups -OCH3 is 1. The molecule has 5 rings (SSSR count). The van der Waals surface area contributed by atoms with Crippen LogP contribution >= 0.6 is 0 Å². The molecule has 0 N–H and O–H groups in total. The van der Waals surface area contributed by atoms with Crippen molar-refractivity contribution in [3.8, 4) is 0 Å². The highest BCUT2D eigenvalue weighted by Gasteiger charge is 2.35. The van der Waals surface area contributed by atoms with Gasteiger partial charge in [0.1, 0.15) is 12.4 Å². The van der Waals surface area contributed by atoms with Gasteiger partial charge in [-0.05, 0) is 67.5 Å². The second-order valence-electron chi connectivity index (χ2n) is 9.52. The number of nitrogens with zero attached hydrogens (tertiary/aromatic N) is 4. The molecule has 0 spiro atoms. The number of pyridine rings is 1. The summed E-state index contributed by atoms with van der Waals surface area (Å²) >= 11 is 0. The zero-order valence-electron chi connectivity index (χ0n) is 20.1. The van der Waals surface area contributed by atoms with Gasteiger partial charge < -0.3 is 19.3 Å². The molecule has 1 saturated carbocycles.